The van der Waals surface area contributed by atoms with Gasteiger partial charge in [-0.05, 0) is 102 Å². The van der Waals surface area contributed by atoms with Crippen molar-refractivity contribution in [2.24, 2.45) is 11.8 Å². The molecule has 1 aliphatic carbocycles. The van der Waals surface area contributed by atoms with Crippen molar-refractivity contribution in [1.82, 2.24) is 19.9 Å². The minimum atomic E-state index is 0.735. The summed E-state index contributed by atoms with van der Waals surface area (Å²) >= 11 is 0. The van der Waals surface area contributed by atoms with E-state index in [9.17, 15) is 0 Å². The van der Waals surface area contributed by atoms with Crippen LogP contribution in [0.2, 0.25) is 0 Å². The molecule has 0 unspecified atom stereocenters. The van der Waals surface area contributed by atoms with Crippen LogP contribution in [0.1, 0.15) is 43.4 Å². The molecule has 1 aromatic heterocycles. The number of hydrogen-bond acceptors (Lipinski definition) is 6. The lowest BCUT2D eigenvalue weighted by Gasteiger charge is -2.33. The predicted octanol–water partition coefficient (Wildman–Crippen LogP) is 4.71. The molecule has 0 bridgehead atoms. The number of nitrogens with zero attached hydrogens (tertiary/aromatic N) is 4. The Morgan fingerprint density at radius 3 is 2.65 bits per heavy atom. The first-order chi connectivity index (χ1) is 16.7. The standard InChI is InChI=1S/C28H40N4O2/c1-30(2)20-25-27(33-21-23-6-7-23)11-9-24-26(29-34-28(24)25)10-8-22-12-16-32(17-13-22)19-18-31-14-4-3-5-15-31/h3-5,9,11,14,22-23H,6-8,10,12-13,15-21H2,1-2H3. The van der Waals surface area contributed by atoms with E-state index >= 15 is 0 Å². The summed E-state index contributed by atoms with van der Waals surface area (Å²) in [6, 6.07) is 4.30. The number of hydrogen-bond donors (Lipinski definition) is 0. The van der Waals surface area contributed by atoms with Gasteiger partial charge in [0.05, 0.1) is 17.9 Å². The lowest BCUT2D eigenvalue weighted by atomic mass is 9.91. The second kappa shape index (κ2) is 11.0. The molecule has 2 aliphatic heterocycles. The Morgan fingerprint density at radius 1 is 1.06 bits per heavy atom. The van der Waals surface area contributed by atoms with Crippen molar-refractivity contribution in [2.45, 2.75) is 45.1 Å². The zero-order valence-corrected chi connectivity index (χ0v) is 20.9. The van der Waals surface area contributed by atoms with E-state index in [1.54, 1.807) is 0 Å². The van der Waals surface area contributed by atoms with Crippen LogP contribution >= 0.6 is 0 Å². The Bertz CT molecular complexity index is 999. The third-order valence-corrected chi connectivity index (χ3v) is 7.51. The van der Waals surface area contributed by atoms with Crippen LogP contribution in [0.3, 0.4) is 0 Å². The summed E-state index contributed by atoms with van der Waals surface area (Å²) in [6.45, 7) is 7.38. The number of likely N-dealkylation sites (tertiary alicyclic amines) is 1. The number of ether oxygens (including phenoxy) is 1. The summed E-state index contributed by atoms with van der Waals surface area (Å²) in [7, 11) is 4.18. The molecule has 1 saturated carbocycles. The largest absolute Gasteiger partial charge is 0.493 e. The van der Waals surface area contributed by atoms with E-state index in [0.29, 0.717) is 0 Å². The van der Waals surface area contributed by atoms with Crippen molar-refractivity contribution in [2.75, 3.05) is 53.4 Å². The molecule has 0 amide bonds. The van der Waals surface area contributed by atoms with E-state index in [1.807, 2.05) is 0 Å². The van der Waals surface area contributed by atoms with Gasteiger partial charge in [0, 0.05) is 31.6 Å². The van der Waals surface area contributed by atoms with E-state index in [0.717, 1.165) is 72.5 Å². The highest BCUT2D eigenvalue weighted by Gasteiger charge is 2.24. The molecule has 2 aromatic rings. The van der Waals surface area contributed by atoms with E-state index in [2.05, 4.69) is 70.5 Å². The maximum Gasteiger partial charge on any atom is 0.175 e. The number of fused-ring (bicyclic) bond motifs is 1. The van der Waals surface area contributed by atoms with Crippen LogP contribution in [-0.2, 0) is 13.0 Å². The summed E-state index contributed by atoms with van der Waals surface area (Å²) in [6.07, 6.45) is 16.1. The van der Waals surface area contributed by atoms with Gasteiger partial charge in [-0.25, -0.2) is 0 Å². The number of rotatable bonds is 11. The van der Waals surface area contributed by atoms with Crippen LogP contribution in [0.15, 0.2) is 41.1 Å². The summed E-state index contributed by atoms with van der Waals surface area (Å²) < 4.78 is 12.1. The van der Waals surface area contributed by atoms with Crippen molar-refractivity contribution in [1.29, 1.82) is 0 Å². The fourth-order valence-corrected chi connectivity index (χ4v) is 5.15. The minimum Gasteiger partial charge on any atom is -0.493 e. The molecule has 1 aromatic carbocycles. The topological polar surface area (TPSA) is 45.0 Å². The maximum absolute atomic E-state index is 6.17. The molecule has 3 aliphatic rings. The molecule has 6 heteroatoms. The normalized spacial score (nSPS) is 19.6. The van der Waals surface area contributed by atoms with Crippen molar-refractivity contribution >= 4 is 11.0 Å². The van der Waals surface area contributed by atoms with Crippen LogP contribution in [0.25, 0.3) is 11.0 Å². The smallest absolute Gasteiger partial charge is 0.175 e. The Labute approximate surface area is 204 Å². The molecule has 34 heavy (non-hydrogen) atoms. The molecule has 6 nitrogen and oxygen atoms in total. The molecule has 5 rings (SSSR count). The highest BCUT2D eigenvalue weighted by molar-refractivity contribution is 5.84. The quantitative estimate of drug-likeness (QED) is 0.480. The summed E-state index contributed by atoms with van der Waals surface area (Å²) in [4.78, 5) is 7.20. The van der Waals surface area contributed by atoms with Crippen molar-refractivity contribution in [3.8, 4) is 5.75 Å². The molecule has 1 saturated heterocycles. The number of aromatic nitrogens is 1. The molecule has 3 heterocycles. The number of benzene rings is 1. The van der Waals surface area contributed by atoms with E-state index in [-0.39, 0.29) is 0 Å². The van der Waals surface area contributed by atoms with Crippen molar-refractivity contribution in [3.05, 3.63) is 47.8 Å². The van der Waals surface area contributed by atoms with Gasteiger partial charge >= 0.3 is 0 Å². The van der Waals surface area contributed by atoms with E-state index in [4.69, 9.17) is 9.26 Å². The fourth-order valence-electron chi connectivity index (χ4n) is 5.15. The van der Waals surface area contributed by atoms with E-state index < -0.39 is 0 Å². The van der Waals surface area contributed by atoms with Crippen LogP contribution < -0.4 is 4.74 Å². The third-order valence-electron chi connectivity index (χ3n) is 7.51. The molecular formula is C28H40N4O2. The minimum absolute atomic E-state index is 0.735. The van der Waals surface area contributed by atoms with Crippen LogP contribution in [0, 0.1) is 11.8 Å². The molecule has 0 N–H and O–H groups in total. The van der Waals surface area contributed by atoms with Gasteiger partial charge in [-0.15, -0.1) is 0 Å². The van der Waals surface area contributed by atoms with Gasteiger partial charge in [0.15, 0.2) is 5.58 Å². The summed E-state index contributed by atoms with van der Waals surface area (Å²) in [5.74, 6) is 2.47. The van der Waals surface area contributed by atoms with Crippen molar-refractivity contribution in [3.63, 3.8) is 0 Å². The maximum atomic E-state index is 6.17. The van der Waals surface area contributed by atoms with Crippen LogP contribution in [0.5, 0.6) is 5.75 Å². The van der Waals surface area contributed by atoms with Crippen LogP contribution in [-0.4, -0.2) is 73.3 Å². The summed E-state index contributed by atoms with van der Waals surface area (Å²) in [5.41, 5.74) is 3.15. The Hall–Kier alpha value is -2.31. The first-order valence-corrected chi connectivity index (χ1v) is 13.1. The lowest BCUT2D eigenvalue weighted by Crippen LogP contribution is -2.38. The number of aryl methyl sites for hydroxylation is 1. The molecule has 2 fully saturated rings. The molecule has 0 atom stereocenters. The second-order valence-corrected chi connectivity index (χ2v) is 10.6. The average Bonchev–Trinajstić information content (AvgIpc) is 3.59. The predicted molar refractivity (Wildman–Crippen MR) is 137 cm³/mol. The highest BCUT2D eigenvalue weighted by Crippen LogP contribution is 2.35. The Morgan fingerprint density at radius 2 is 1.91 bits per heavy atom. The van der Waals surface area contributed by atoms with E-state index in [1.165, 1.54) is 51.7 Å². The monoisotopic (exact) mass is 464 g/mol. The Kier molecular flexibility index (Phi) is 7.55. The first kappa shape index (κ1) is 23.4. The number of piperidine rings is 1. The summed E-state index contributed by atoms with van der Waals surface area (Å²) in [5, 5.41) is 5.68. The highest BCUT2D eigenvalue weighted by atomic mass is 16.5. The Balaban J connectivity index is 1.14. The molecular weight excluding hydrogens is 424 g/mol. The fraction of sp³-hybridized carbons (Fsp3) is 0.607. The SMILES string of the molecule is CN(C)Cc1c(OCC2CC2)ccc2c(CCC3CCN(CCN4C=CC=CC4)CC3)noc12. The van der Waals surface area contributed by atoms with Gasteiger partial charge in [-0.1, -0.05) is 17.3 Å². The van der Waals surface area contributed by atoms with Gasteiger partial charge in [0.25, 0.3) is 0 Å². The molecule has 0 radical (unpaired) electrons. The average molecular weight is 465 g/mol. The van der Waals surface area contributed by atoms with Gasteiger partial charge in [-0.2, -0.15) is 0 Å². The van der Waals surface area contributed by atoms with Gasteiger partial charge in [0.2, 0.25) is 0 Å². The second-order valence-electron chi connectivity index (χ2n) is 10.6. The van der Waals surface area contributed by atoms with Crippen LogP contribution in [0.4, 0.5) is 0 Å². The number of allylic oxidation sites excluding steroid dienone is 2. The zero-order chi connectivity index (χ0) is 23.3. The zero-order valence-electron chi connectivity index (χ0n) is 20.9. The van der Waals surface area contributed by atoms with Gasteiger partial charge in [-0.3, -0.25) is 0 Å². The molecule has 0 spiro atoms. The first-order valence-electron chi connectivity index (χ1n) is 13.1. The lowest BCUT2D eigenvalue weighted by molar-refractivity contribution is 0.167. The van der Waals surface area contributed by atoms with Gasteiger partial charge < -0.3 is 24.0 Å². The third kappa shape index (κ3) is 6.02. The van der Waals surface area contributed by atoms with Crippen molar-refractivity contribution < 1.29 is 9.26 Å². The van der Waals surface area contributed by atoms with Gasteiger partial charge in [0.1, 0.15) is 5.75 Å². The molecule has 184 valence electrons.